The summed E-state index contributed by atoms with van der Waals surface area (Å²) in [4.78, 5) is 25.9. The van der Waals surface area contributed by atoms with Gasteiger partial charge in [0.05, 0.1) is 17.2 Å². The molecule has 0 aromatic heterocycles. The Morgan fingerprint density at radius 1 is 0.897 bits per heavy atom. The minimum atomic E-state index is -0.440. The third kappa shape index (κ3) is 6.19. The van der Waals surface area contributed by atoms with Crippen LogP contribution >= 0.6 is 0 Å². The summed E-state index contributed by atoms with van der Waals surface area (Å²) >= 11 is 0. The number of benzene rings is 4. The summed E-state index contributed by atoms with van der Waals surface area (Å²) in [6, 6.07) is 33.9. The van der Waals surface area contributed by atoms with Crippen LogP contribution < -0.4 is 4.74 Å². The van der Waals surface area contributed by atoms with Crippen LogP contribution in [0.2, 0.25) is 0 Å². The van der Waals surface area contributed by atoms with Crippen LogP contribution in [-0.2, 0) is 17.9 Å². The molecule has 0 aliphatic carbocycles. The molecule has 0 radical (unpaired) electrons. The highest BCUT2D eigenvalue weighted by atomic mass is 16.6. The molecule has 1 saturated heterocycles. The Labute approximate surface area is 226 Å². The topological polar surface area (TPSA) is 88.3 Å². The van der Waals surface area contributed by atoms with Gasteiger partial charge in [-0.2, -0.15) is 5.10 Å². The van der Waals surface area contributed by atoms with Gasteiger partial charge in [-0.25, -0.2) is 5.01 Å². The average molecular weight is 521 g/mol. The van der Waals surface area contributed by atoms with Gasteiger partial charge in [0.25, 0.3) is 11.6 Å². The number of amides is 1. The number of non-ortho nitro benzene ring substituents is 1. The van der Waals surface area contributed by atoms with Gasteiger partial charge in [-0.15, -0.1) is 0 Å². The van der Waals surface area contributed by atoms with Crippen molar-refractivity contribution < 1.29 is 14.5 Å². The van der Waals surface area contributed by atoms with E-state index in [1.54, 1.807) is 19.1 Å². The molecule has 0 spiro atoms. The Morgan fingerprint density at radius 2 is 1.51 bits per heavy atom. The summed E-state index contributed by atoms with van der Waals surface area (Å²) in [7, 11) is 0. The third-order valence-electron chi connectivity index (χ3n) is 6.58. The number of carbonyl (C=O) groups is 1. The molecule has 0 saturated carbocycles. The fourth-order valence-electron chi connectivity index (χ4n) is 4.57. The third-order valence-corrected chi connectivity index (χ3v) is 6.58. The first-order valence-electron chi connectivity index (χ1n) is 12.6. The van der Waals surface area contributed by atoms with Gasteiger partial charge >= 0.3 is 0 Å². The zero-order chi connectivity index (χ0) is 27.2. The zero-order valence-electron chi connectivity index (χ0n) is 21.5. The lowest BCUT2D eigenvalue weighted by Crippen LogP contribution is -2.29. The quantitative estimate of drug-likeness (QED) is 0.155. The van der Waals surface area contributed by atoms with Gasteiger partial charge in [-0.05, 0) is 53.4 Å². The molecule has 1 heterocycles. The second kappa shape index (κ2) is 11.7. The van der Waals surface area contributed by atoms with Crippen molar-refractivity contribution in [2.75, 3.05) is 6.54 Å². The summed E-state index contributed by atoms with van der Waals surface area (Å²) in [5.41, 5.74) is 4.38. The average Bonchev–Trinajstić information content (AvgIpc) is 3.27. The van der Waals surface area contributed by atoms with Crippen molar-refractivity contribution in [3.05, 3.63) is 142 Å². The smallest absolute Gasteiger partial charge is 0.269 e. The number of hydrogen-bond donors (Lipinski definition) is 0. The molecule has 5 rings (SSSR count). The van der Waals surface area contributed by atoms with E-state index in [2.05, 4.69) is 4.90 Å². The van der Waals surface area contributed by atoms with E-state index < -0.39 is 11.1 Å². The lowest BCUT2D eigenvalue weighted by molar-refractivity contribution is -0.384. The number of nitro groups is 1. The number of hydrazone groups is 1. The number of ether oxygens (including phenoxy) is 1. The van der Waals surface area contributed by atoms with Crippen LogP contribution in [0, 0.1) is 10.1 Å². The summed E-state index contributed by atoms with van der Waals surface area (Å²) in [6.45, 7) is 3.05. The van der Waals surface area contributed by atoms with Crippen molar-refractivity contribution in [3.8, 4) is 5.75 Å². The molecule has 8 nitrogen and oxygen atoms in total. The minimum Gasteiger partial charge on any atom is -0.489 e. The molecule has 1 aliphatic heterocycles. The lowest BCUT2D eigenvalue weighted by atomic mass is 10.1. The van der Waals surface area contributed by atoms with Gasteiger partial charge < -0.3 is 4.74 Å². The molecule has 1 fully saturated rings. The molecule has 4 aromatic carbocycles. The van der Waals surface area contributed by atoms with Gasteiger partial charge in [0.15, 0.2) is 0 Å². The van der Waals surface area contributed by atoms with Crippen molar-refractivity contribution in [3.63, 3.8) is 0 Å². The largest absolute Gasteiger partial charge is 0.489 e. The maximum Gasteiger partial charge on any atom is 0.269 e. The Morgan fingerprint density at radius 3 is 2.13 bits per heavy atom. The van der Waals surface area contributed by atoms with Crippen molar-refractivity contribution in [1.29, 1.82) is 0 Å². The van der Waals surface area contributed by atoms with Crippen LogP contribution in [0.25, 0.3) is 0 Å². The number of carbonyl (C=O) groups excluding carboxylic acids is 1. The SMILES string of the molecule is C/C(=N/N1C(=O)CN(Cc2ccccc2)[C@H]1c1ccc(OCc2ccccc2)cc1)c1ccc([N+](=O)[O-])cc1. The maximum absolute atomic E-state index is 13.3. The lowest BCUT2D eigenvalue weighted by Gasteiger charge is -2.28. The Balaban J connectivity index is 1.41. The van der Waals surface area contributed by atoms with E-state index in [-0.39, 0.29) is 18.1 Å². The second-order valence-electron chi connectivity index (χ2n) is 9.34. The fourth-order valence-corrected chi connectivity index (χ4v) is 4.57. The van der Waals surface area contributed by atoms with E-state index in [4.69, 9.17) is 9.84 Å². The number of rotatable bonds is 9. The molecule has 0 bridgehead atoms. The van der Waals surface area contributed by atoms with Gasteiger partial charge in [-0.1, -0.05) is 72.8 Å². The van der Waals surface area contributed by atoms with E-state index in [1.807, 2.05) is 84.9 Å². The highest BCUT2D eigenvalue weighted by Gasteiger charge is 2.39. The Hall–Kier alpha value is -4.82. The summed E-state index contributed by atoms with van der Waals surface area (Å²) in [6.07, 6.45) is -0.422. The fraction of sp³-hybridized carbons (Fsp3) is 0.161. The van der Waals surface area contributed by atoms with E-state index in [9.17, 15) is 14.9 Å². The minimum absolute atomic E-state index is 0.00489. The van der Waals surface area contributed by atoms with E-state index in [0.29, 0.717) is 24.4 Å². The zero-order valence-corrected chi connectivity index (χ0v) is 21.5. The normalized spacial score (nSPS) is 15.9. The molecule has 8 heteroatoms. The molecular formula is C31H28N4O4. The molecule has 1 atom stereocenters. The van der Waals surface area contributed by atoms with Crippen LogP contribution in [0.3, 0.4) is 0 Å². The maximum atomic E-state index is 13.3. The summed E-state index contributed by atoms with van der Waals surface area (Å²) in [5.74, 6) is 0.611. The number of hydrogen-bond acceptors (Lipinski definition) is 6. The van der Waals surface area contributed by atoms with Crippen molar-refractivity contribution in [2.24, 2.45) is 5.10 Å². The van der Waals surface area contributed by atoms with Crippen LogP contribution in [0.15, 0.2) is 114 Å². The molecule has 1 aliphatic rings. The van der Waals surface area contributed by atoms with Crippen LogP contribution in [-0.4, -0.2) is 33.0 Å². The predicted octanol–water partition coefficient (Wildman–Crippen LogP) is 5.94. The van der Waals surface area contributed by atoms with Gasteiger partial charge in [0.2, 0.25) is 0 Å². The molecular weight excluding hydrogens is 492 g/mol. The van der Waals surface area contributed by atoms with Crippen LogP contribution in [0.4, 0.5) is 5.69 Å². The predicted molar refractivity (Wildman–Crippen MR) is 149 cm³/mol. The highest BCUT2D eigenvalue weighted by molar-refractivity contribution is 5.99. The Bertz CT molecular complexity index is 1460. The molecule has 196 valence electrons. The van der Waals surface area contributed by atoms with Gasteiger partial charge in [0, 0.05) is 18.7 Å². The van der Waals surface area contributed by atoms with Gasteiger partial charge in [-0.3, -0.25) is 19.8 Å². The van der Waals surface area contributed by atoms with E-state index >= 15 is 0 Å². The first kappa shape index (κ1) is 25.8. The van der Waals surface area contributed by atoms with Crippen molar-refractivity contribution >= 4 is 17.3 Å². The number of nitro benzene ring substituents is 1. The Kier molecular flexibility index (Phi) is 7.75. The van der Waals surface area contributed by atoms with Crippen molar-refractivity contribution in [2.45, 2.75) is 26.2 Å². The number of nitrogens with zero attached hydrogens (tertiary/aromatic N) is 4. The first-order chi connectivity index (χ1) is 19.0. The molecule has 1 amide bonds. The molecule has 4 aromatic rings. The van der Waals surface area contributed by atoms with Crippen LogP contribution in [0.5, 0.6) is 5.75 Å². The molecule has 0 N–H and O–H groups in total. The highest BCUT2D eigenvalue weighted by Crippen LogP contribution is 2.34. The monoisotopic (exact) mass is 520 g/mol. The summed E-state index contributed by atoms with van der Waals surface area (Å²) < 4.78 is 5.96. The van der Waals surface area contributed by atoms with Crippen LogP contribution in [0.1, 0.15) is 35.3 Å². The molecule has 0 unspecified atom stereocenters. The van der Waals surface area contributed by atoms with Crippen molar-refractivity contribution in [1.82, 2.24) is 9.91 Å². The van der Waals surface area contributed by atoms with E-state index in [0.717, 1.165) is 22.4 Å². The summed E-state index contributed by atoms with van der Waals surface area (Å²) in [5, 5.41) is 17.3. The standard InChI is InChI=1S/C31H28N4O4/c1-23(26-12-16-28(17-13-26)35(37)38)32-34-30(36)21-33(20-24-8-4-2-5-9-24)31(34)27-14-18-29(19-15-27)39-22-25-10-6-3-7-11-25/h2-19,31H,20-22H2,1H3/b32-23-/t31-/m1/s1. The second-order valence-corrected chi connectivity index (χ2v) is 9.34. The van der Waals surface area contributed by atoms with E-state index in [1.165, 1.54) is 17.1 Å². The molecule has 39 heavy (non-hydrogen) atoms. The van der Waals surface area contributed by atoms with Gasteiger partial charge in [0.1, 0.15) is 18.5 Å². The first-order valence-corrected chi connectivity index (χ1v) is 12.6.